The zero-order chi connectivity index (χ0) is 18.2. The Labute approximate surface area is 156 Å². The van der Waals surface area contributed by atoms with Gasteiger partial charge >= 0.3 is 6.03 Å². The summed E-state index contributed by atoms with van der Waals surface area (Å²) < 4.78 is 0. The Balaban J connectivity index is 1.58. The van der Waals surface area contributed by atoms with E-state index in [-0.39, 0.29) is 6.03 Å². The molecule has 26 heavy (non-hydrogen) atoms. The van der Waals surface area contributed by atoms with E-state index in [2.05, 4.69) is 22.9 Å². The van der Waals surface area contributed by atoms with Crippen LogP contribution in [0.15, 0.2) is 29.3 Å². The SMILES string of the molecule is CCNC(=NCc1cccc(NC(=O)N2CCCC2)c1)NC1CCCC1. The maximum Gasteiger partial charge on any atom is 0.321 e. The maximum atomic E-state index is 12.2. The molecule has 1 saturated heterocycles. The molecule has 0 aromatic heterocycles. The molecule has 6 nitrogen and oxygen atoms in total. The minimum Gasteiger partial charge on any atom is -0.357 e. The molecular formula is C20H31N5O. The van der Waals surface area contributed by atoms with Gasteiger partial charge in [-0.3, -0.25) is 0 Å². The number of urea groups is 1. The van der Waals surface area contributed by atoms with E-state index in [9.17, 15) is 4.79 Å². The normalized spacial score (nSPS) is 18.2. The Morgan fingerprint density at radius 1 is 1.19 bits per heavy atom. The predicted molar refractivity (Wildman–Crippen MR) is 106 cm³/mol. The molecule has 2 fully saturated rings. The molecule has 0 radical (unpaired) electrons. The molecule has 0 spiro atoms. The molecule has 0 atom stereocenters. The van der Waals surface area contributed by atoms with Gasteiger partial charge in [-0.15, -0.1) is 0 Å². The van der Waals surface area contributed by atoms with Crippen molar-refractivity contribution in [3.63, 3.8) is 0 Å². The third-order valence-electron chi connectivity index (χ3n) is 5.03. The summed E-state index contributed by atoms with van der Waals surface area (Å²) in [5.74, 6) is 0.880. The van der Waals surface area contributed by atoms with E-state index in [0.29, 0.717) is 12.6 Å². The Morgan fingerprint density at radius 3 is 2.69 bits per heavy atom. The molecule has 3 rings (SSSR count). The first-order valence-electron chi connectivity index (χ1n) is 9.94. The fourth-order valence-electron chi connectivity index (χ4n) is 3.62. The number of nitrogens with one attached hydrogen (secondary N) is 3. The van der Waals surface area contributed by atoms with Crippen LogP contribution in [0.1, 0.15) is 51.0 Å². The summed E-state index contributed by atoms with van der Waals surface area (Å²) in [6.45, 7) is 5.24. The van der Waals surface area contributed by atoms with Gasteiger partial charge in [0.1, 0.15) is 0 Å². The van der Waals surface area contributed by atoms with Crippen molar-refractivity contribution in [2.45, 2.75) is 58.0 Å². The molecule has 3 N–H and O–H groups in total. The van der Waals surface area contributed by atoms with Crippen LogP contribution in [0.2, 0.25) is 0 Å². The van der Waals surface area contributed by atoms with Gasteiger partial charge in [0.25, 0.3) is 0 Å². The fraction of sp³-hybridized carbons (Fsp3) is 0.600. The zero-order valence-electron chi connectivity index (χ0n) is 15.8. The van der Waals surface area contributed by atoms with Crippen molar-refractivity contribution in [1.82, 2.24) is 15.5 Å². The summed E-state index contributed by atoms with van der Waals surface area (Å²) in [6.07, 6.45) is 7.25. The Hall–Kier alpha value is -2.24. The number of guanidine groups is 1. The highest BCUT2D eigenvalue weighted by Gasteiger charge is 2.18. The largest absolute Gasteiger partial charge is 0.357 e. The first kappa shape index (κ1) is 18.5. The number of carbonyl (C=O) groups excluding carboxylic acids is 1. The molecule has 0 bridgehead atoms. The topological polar surface area (TPSA) is 68.8 Å². The lowest BCUT2D eigenvalue weighted by Gasteiger charge is -2.17. The Morgan fingerprint density at radius 2 is 1.96 bits per heavy atom. The lowest BCUT2D eigenvalue weighted by atomic mass is 10.2. The van der Waals surface area contributed by atoms with Crippen LogP contribution < -0.4 is 16.0 Å². The molecule has 2 amide bonds. The standard InChI is InChI=1S/C20H31N5O/c1-2-21-19(23-17-9-3-4-10-17)22-15-16-8-7-11-18(14-16)24-20(26)25-12-5-6-13-25/h7-8,11,14,17H,2-6,9-10,12-13,15H2,1H3,(H,24,26)(H2,21,22,23). The Bertz CT molecular complexity index is 618. The first-order chi connectivity index (χ1) is 12.7. The highest BCUT2D eigenvalue weighted by molar-refractivity contribution is 5.89. The van der Waals surface area contributed by atoms with Gasteiger partial charge in [0.2, 0.25) is 0 Å². The fourth-order valence-corrected chi connectivity index (χ4v) is 3.62. The summed E-state index contributed by atoms with van der Waals surface area (Å²) in [5.41, 5.74) is 1.93. The predicted octanol–water partition coefficient (Wildman–Crippen LogP) is 3.31. The van der Waals surface area contributed by atoms with Gasteiger partial charge in [0, 0.05) is 31.4 Å². The monoisotopic (exact) mass is 357 g/mol. The van der Waals surface area contributed by atoms with E-state index in [1.54, 1.807) is 0 Å². The number of hydrogen-bond acceptors (Lipinski definition) is 2. The lowest BCUT2D eigenvalue weighted by Crippen LogP contribution is -2.42. The highest BCUT2D eigenvalue weighted by Crippen LogP contribution is 2.18. The van der Waals surface area contributed by atoms with E-state index in [4.69, 9.17) is 4.99 Å². The summed E-state index contributed by atoms with van der Waals surface area (Å²) in [4.78, 5) is 18.8. The van der Waals surface area contributed by atoms with Crippen LogP contribution in [0, 0.1) is 0 Å². The average Bonchev–Trinajstić information content (AvgIpc) is 3.34. The van der Waals surface area contributed by atoms with Gasteiger partial charge < -0.3 is 20.9 Å². The van der Waals surface area contributed by atoms with Crippen molar-refractivity contribution < 1.29 is 4.79 Å². The van der Waals surface area contributed by atoms with Gasteiger partial charge in [0.05, 0.1) is 6.54 Å². The van der Waals surface area contributed by atoms with Gasteiger partial charge in [0.15, 0.2) is 5.96 Å². The third-order valence-corrected chi connectivity index (χ3v) is 5.03. The number of hydrogen-bond donors (Lipinski definition) is 3. The first-order valence-corrected chi connectivity index (χ1v) is 9.94. The van der Waals surface area contributed by atoms with Crippen molar-refractivity contribution in [3.05, 3.63) is 29.8 Å². The zero-order valence-corrected chi connectivity index (χ0v) is 15.8. The molecule has 1 aliphatic heterocycles. The van der Waals surface area contributed by atoms with E-state index < -0.39 is 0 Å². The lowest BCUT2D eigenvalue weighted by molar-refractivity contribution is 0.222. The van der Waals surface area contributed by atoms with E-state index >= 15 is 0 Å². The van der Waals surface area contributed by atoms with Crippen LogP contribution in [0.25, 0.3) is 0 Å². The second kappa shape index (κ2) is 9.46. The number of aliphatic imine (C=N–C) groups is 1. The van der Waals surface area contributed by atoms with Crippen LogP contribution in [-0.2, 0) is 6.54 Å². The van der Waals surface area contributed by atoms with Gasteiger partial charge in [-0.2, -0.15) is 0 Å². The number of nitrogens with zero attached hydrogens (tertiary/aromatic N) is 2. The molecule has 1 aromatic rings. The number of rotatable bonds is 5. The van der Waals surface area contributed by atoms with Crippen LogP contribution in [0.3, 0.4) is 0 Å². The quantitative estimate of drug-likeness (QED) is 0.559. The molecule has 142 valence electrons. The van der Waals surface area contributed by atoms with E-state index in [1.807, 2.05) is 29.2 Å². The Kier molecular flexibility index (Phi) is 6.75. The maximum absolute atomic E-state index is 12.2. The second-order valence-corrected chi connectivity index (χ2v) is 7.15. The van der Waals surface area contributed by atoms with Crippen molar-refractivity contribution in [2.75, 3.05) is 25.0 Å². The molecule has 1 aromatic carbocycles. The van der Waals surface area contributed by atoms with Gasteiger partial charge in [-0.05, 0) is 50.3 Å². The summed E-state index contributed by atoms with van der Waals surface area (Å²) >= 11 is 0. The molecule has 1 heterocycles. The van der Waals surface area contributed by atoms with Gasteiger partial charge in [-0.1, -0.05) is 25.0 Å². The summed E-state index contributed by atoms with van der Waals surface area (Å²) in [6, 6.07) is 8.51. The minimum atomic E-state index is -0.000565. The number of amides is 2. The molecule has 0 unspecified atom stereocenters. The summed E-state index contributed by atoms with van der Waals surface area (Å²) in [5, 5.41) is 9.86. The second-order valence-electron chi connectivity index (χ2n) is 7.15. The minimum absolute atomic E-state index is 0.000565. The van der Waals surface area contributed by atoms with Gasteiger partial charge in [-0.25, -0.2) is 9.79 Å². The number of carbonyl (C=O) groups is 1. The molecule has 6 heteroatoms. The summed E-state index contributed by atoms with van der Waals surface area (Å²) in [7, 11) is 0. The van der Waals surface area contributed by atoms with Crippen molar-refractivity contribution in [3.8, 4) is 0 Å². The molecular weight excluding hydrogens is 326 g/mol. The number of benzene rings is 1. The van der Waals surface area contributed by atoms with Crippen molar-refractivity contribution >= 4 is 17.7 Å². The highest BCUT2D eigenvalue weighted by atomic mass is 16.2. The number of likely N-dealkylation sites (tertiary alicyclic amines) is 1. The average molecular weight is 358 g/mol. The van der Waals surface area contributed by atoms with Crippen molar-refractivity contribution in [1.29, 1.82) is 0 Å². The van der Waals surface area contributed by atoms with Crippen molar-refractivity contribution in [2.24, 2.45) is 4.99 Å². The van der Waals surface area contributed by atoms with Crippen LogP contribution in [0.4, 0.5) is 10.5 Å². The van der Waals surface area contributed by atoms with Crippen LogP contribution in [-0.4, -0.2) is 42.6 Å². The molecule has 1 aliphatic carbocycles. The van der Waals surface area contributed by atoms with E-state index in [1.165, 1.54) is 25.7 Å². The van der Waals surface area contributed by atoms with Crippen LogP contribution in [0.5, 0.6) is 0 Å². The molecule has 1 saturated carbocycles. The van der Waals surface area contributed by atoms with E-state index in [0.717, 1.165) is 49.7 Å². The third kappa shape index (κ3) is 5.38. The smallest absolute Gasteiger partial charge is 0.321 e. The molecule has 2 aliphatic rings. The number of anilines is 1. The van der Waals surface area contributed by atoms with Crippen LogP contribution >= 0.6 is 0 Å².